The van der Waals surface area contributed by atoms with E-state index < -0.39 is 0 Å². The number of aromatic hydroxyl groups is 1. The number of carbonyl (C=O) groups is 1. The van der Waals surface area contributed by atoms with Gasteiger partial charge in [0.2, 0.25) is 12.7 Å². The number of nitrogens with zero attached hydrogens (tertiary/aromatic N) is 1. The van der Waals surface area contributed by atoms with Gasteiger partial charge in [0.25, 0.3) is 5.91 Å². The van der Waals surface area contributed by atoms with E-state index in [2.05, 4.69) is 17.4 Å². The van der Waals surface area contributed by atoms with Crippen molar-refractivity contribution in [2.24, 2.45) is 0 Å². The van der Waals surface area contributed by atoms with Crippen molar-refractivity contribution in [1.82, 2.24) is 5.32 Å². The molecule has 0 saturated carbocycles. The molecule has 0 saturated heterocycles. The fourth-order valence-corrected chi connectivity index (χ4v) is 2.92. The van der Waals surface area contributed by atoms with E-state index in [1.165, 1.54) is 11.1 Å². The first kappa shape index (κ1) is 13.6. The summed E-state index contributed by atoms with van der Waals surface area (Å²) < 4.78 is 1.68. The lowest BCUT2D eigenvalue weighted by molar-refractivity contribution is -0.684. The number of nitrogens with one attached hydrogen (secondary N) is 1. The second-order valence-corrected chi connectivity index (χ2v) is 5.45. The third-order valence-electron chi connectivity index (χ3n) is 3.87. The van der Waals surface area contributed by atoms with Gasteiger partial charge in [-0.1, -0.05) is 24.3 Å². The molecule has 21 heavy (non-hydrogen) atoms. The van der Waals surface area contributed by atoms with Crippen molar-refractivity contribution < 1.29 is 14.5 Å². The monoisotopic (exact) mass is 283 g/mol. The molecule has 0 bridgehead atoms. The Morgan fingerprint density at radius 3 is 3.00 bits per heavy atom. The quantitative estimate of drug-likeness (QED) is 0.845. The maximum atomic E-state index is 12.2. The van der Waals surface area contributed by atoms with Crippen LogP contribution in [0.4, 0.5) is 0 Å². The van der Waals surface area contributed by atoms with Gasteiger partial charge in [-0.2, -0.15) is 4.57 Å². The SMILES string of the molecule is O=C(C[n+]1cccc(O)c1)N[C@H]1CCCc2ccccc21. The lowest BCUT2D eigenvalue weighted by atomic mass is 9.88. The Kier molecular flexibility index (Phi) is 3.86. The van der Waals surface area contributed by atoms with Crippen LogP contribution in [0.15, 0.2) is 48.8 Å². The summed E-state index contributed by atoms with van der Waals surface area (Å²) in [5.74, 6) is 0.126. The van der Waals surface area contributed by atoms with Crippen molar-refractivity contribution in [2.45, 2.75) is 31.8 Å². The fraction of sp³-hybridized carbons (Fsp3) is 0.294. The first-order valence-corrected chi connectivity index (χ1v) is 7.27. The van der Waals surface area contributed by atoms with E-state index in [1.54, 1.807) is 29.1 Å². The molecule has 0 unspecified atom stereocenters. The van der Waals surface area contributed by atoms with E-state index in [-0.39, 0.29) is 24.2 Å². The lowest BCUT2D eigenvalue weighted by Gasteiger charge is -2.25. The van der Waals surface area contributed by atoms with E-state index >= 15 is 0 Å². The summed E-state index contributed by atoms with van der Waals surface area (Å²) >= 11 is 0. The van der Waals surface area contributed by atoms with E-state index in [0.29, 0.717) is 0 Å². The van der Waals surface area contributed by atoms with Crippen molar-refractivity contribution in [2.75, 3.05) is 0 Å². The lowest BCUT2D eigenvalue weighted by Crippen LogP contribution is -2.43. The molecule has 1 heterocycles. The van der Waals surface area contributed by atoms with Crippen LogP contribution >= 0.6 is 0 Å². The van der Waals surface area contributed by atoms with Crippen molar-refractivity contribution in [1.29, 1.82) is 0 Å². The van der Waals surface area contributed by atoms with Gasteiger partial charge in [0.05, 0.1) is 6.04 Å². The normalized spacial score (nSPS) is 17.0. The second kappa shape index (κ2) is 5.95. The zero-order valence-electron chi connectivity index (χ0n) is 11.8. The minimum Gasteiger partial charge on any atom is -0.503 e. The van der Waals surface area contributed by atoms with Crippen LogP contribution in [0.25, 0.3) is 0 Å². The number of hydrogen-bond donors (Lipinski definition) is 2. The number of fused-ring (bicyclic) bond motifs is 1. The van der Waals surface area contributed by atoms with Gasteiger partial charge in [-0.15, -0.1) is 0 Å². The number of hydrogen-bond acceptors (Lipinski definition) is 2. The fourth-order valence-electron chi connectivity index (χ4n) is 2.92. The van der Waals surface area contributed by atoms with Gasteiger partial charge in [-0.05, 0) is 36.5 Å². The molecule has 0 fully saturated rings. The van der Waals surface area contributed by atoms with Crippen LogP contribution < -0.4 is 9.88 Å². The van der Waals surface area contributed by atoms with Crippen LogP contribution in [0, 0.1) is 0 Å². The van der Waals surface area contributed by atoms with Gasteiger partial charge in [0, 0.05) is 6.07 Å². The van der Waals surface area contributed by atoms with Crippen LogP contribution in [-0.2, 0) is 17.8 Å². The molecule has 1 aromatic heterocycles. The molecular weight excluding hydrogens is 264 g/mol. The maximum Gasteiger partial charge on any atom is 0.286 e. The third kappa shape index (κ3) is 3.21. The molecule has 2 N–H and O–H groups in total. The van der Waals surface area contributed by atoms with Gasteiger partial charge >= 0.3 is 0 Å². The molecule has 108 valence electrons. The van der Waals surface area contributed by atoms with Gasteiger partial charge in [0.1, 0.15) is 0 Å². The molecule has 0 aliphatic heterocycles. The molecule has 1 atom stereocenters. The van der Waals surface area contributed by atoms with E-state index in [1.807, 2.05) is 12.1 Å². The van der Waals surface area contributed by atoms with Crippen LogP contribution in [-0.4, -0.2) is 11.0 Å². The Labute approximate surface area is 124 Å². The number of benzene rings is 1. The summed E-state index contributed by atoms with van der Waals surface area (Å²) in [7, 11) is 0. The molecule has 1 aliphatic rings. The predicted molar refractivity (Wildman–Crippen MR) is 78.6 cm³/mol. The molecule has 1 amide bonds. The number of carbonyl (C=O) groups excluding carboxylic acids is 1. The number of pyridine rings is 1. The van der Waals surface area contributed by atoms with Crippen molar-refractivity contribution in [3.8, 4) is 5.75 Å². The standard InChI is InChI=1S/C17H18N2O2/c20-14-7-4-10-19(11-14)12-17(21)18-16-9-3-6-13-5-1-2-8-15(13)16/h1-2,4-5,7-8,10-11,16H,3,6,9,12H2,(H-,18,20,21)/p+1/t16-/m0/s1. The van der Waals surface area contributed by atoms with E-state index in [4.69, 9.17) is 0 Å². The summed E-state index contributed by atoms with van der Waals surface area (Å²) in [6.45, 7) is 0.215. The van der Waals surface area contributed by atoms with Gasteiger partial charge in [0.15, 0.2) is 11.9 Å². The van der Waals surface area contributed by atoms with Crippen molar-refractivity contribution in [3.63, 3.8) is 0 Å². The molecule has 4 heteroatoms. The first-order valence-electron chi connectivity index (χ1n) is 7.27. The molecule has 3 rings (SSSR count). The average molecular weight is 283 g/mol. The Bertz CT molecular complexity index is 655. The Hall–Kier alpha value is -2.36. The molecule has 1 aromatic carbocycles. The molecule has 2 aromatic rings. The average Bonchev–Trinajstić information content (AvgIpc) is 2.47. The van der Waals surface area contributed by atoms with Crippen LogP contribution in [0.3, 0.4) is 0 Å². The Morgan fingerprint density at radius 2 is 2.14 bits per heavy atom. The number of aryl methyl sites for hydroxylation is 1. The van der Waals surface area contributed by atoms with Crippen LogP contribution in [0.2, 0.25) is 0 Å². The van der Waals surface area contributed by atoms with Gasteiger partial charge < -0.3 is 10.4 Å². The Morgan fingerprint density at radius 1 is 1.29 bits per heavy atom. The van der Waals surface area contributed by atoms with E-state index in [0.717, 1.165) is 19.3 Å². The molecule has 1 aliphatic carbocycles. The predicted octanol–water partition coefficient (Wildman–Crippen LogP) is 1.87. The topological polar surface area (TPSA) is 53.2 Å². The summed E-state index contributed by atoms with van der Waals surface area (Å²) in [6, 6.07) is 11.7. The number of amides is 1. The smallest absolute Gasteiger partial charge is 0.286 e. The molecular formula is C17H19N2O2+. The maximum absolute atomic E-state index is 12.2. The third-order valence-corrected chi connectivity index (χ3v) is 3.87. The molecule has 0 spiro atoms. The highest BCUT2D eigenvalue weighted by Crippen LogP contribution is 2.29. The summed E-state index contributed by atoms with van der Waals surface area (Å²) in [4.78, 5) is 12.2. The molecule has 0 radical (unpaired) electrons. The van der Waals surface area contributed by atoms with Crippen molar-refractivity contribution >= 4 is 5.91 Å². The number of aromatic nitrogens is 1. The first-order chi connectivity index (χ1) is 10.2. The largest absolute Gasteiger partial charge is 0.503 e. The van der Waals surface area contributed by atoms with Gasteiger partial charge in [-0.3, -0.25) is 4.79 Å². The minimum atomic E-state index is -0.0349. The van der Waals surface area contributed by atoms with Crippen LogP contribution in [0.5, 0.6) is 5.75 Å². The summed E-state index contributed by atoms with van der Waals surface area (Å²) in [5, 5.41) is 12.5. The summed E-state index contributed by atoms with van der Waals surface area (Å²) in [6.07, 6.45) is 6.49. The van der Waals surface area contributed by atoms with Crippen molar-refractivity contribution in [3.05, 3.63) is 59.9 Å². The summed E-state index contributed by atoms with van der Waals surface area (Å²) in [5.41, 5.74) is 2.57. The van der Waals surface area contributed by atoms with Gasteiger partial charge in [-0.25, -0.2) is 0 Å². The zero-order chi connectivity index (χ0) is 14.7. The number of rotatable bonds is 3. The molecule has 4 nitrogen and oxygen atoms in total. The highest BCUT2D eigenvalue weighted by molar-refractivity contribution is 5.75. The Balaban J connectivity index is 1.68. The van der Waals surface area contributed by atoms with E-state index in [9.17, 15) is 9.90 Å². The highest BCUT2D eigenvalue weighted by atomic mass is 16.3. The van der Waals surface area contributed by atoms with Crippen LogP contribution in [0.1, 0.15) is 30.0 Å². The highest BCUT2D eigenvalue weighted by Gasteiger charge is 2.22. The minimum absolute atomic E-state index is 0.0349. The zero-order valence-corrected chi connectivity index (χ0v) is 11.8. The second-order valence-electron chi connectivity index (χ2n) is 5.45.